The van der Waals surface area contributed by atoms with Crippen LogP contribution in [0.1, 0.15) is 47.0 Å². The normalized spacial score (nSPS) is 49.1. The zero-order valence-electron chi connectivity index (χ0n) is 10.8. The molecule has 1 spiro atoms. The van der Waals surface area contributed by atoms with Gasteiger partial charge in [0.1, 0.15) is 0 Å². The van der Waals surface area contributed by atoms with Gasteiger partial charge in [0, 0.05) is 5.41 Å². The average Bonchev–Trinajstić information content (AvgIpc) is 2.61. The van der Waals surface area contributed by atoms with Crippen LogP contribution in [0.25, 0.3) is 0 Å². The number of fused-ring (bicyclic) bond motifs is 1. The Hall–Kier alpha value is -0.590. The Balaban J connectivity index is 2.19. The molecule has 0 heterocycles. The lowest BCUT2D eigenvalue weighted by Crippen LogP contribution is -2.37. The zero-order chi connectivity index (χ0) is 11.7. The summed E-state index contributed by atoms with van der Waals surface area (Å²) in [7, 11) is 0. The van der Waals surface area contributed by atoms with Gasteiger partial charge in [0.15, 0.2) is 5.78 Å². The second kappa shape index (κ2) is 2.80. The van der Waals surface area contributed by atoms with Crippen molar-refractivity contribution < 1.29 is 4.79 Å². The largest absolute Gasteiger partial charge is 0.294 e. The number of hydrogen-bond donors (Lipinski definition) is 0. The van der Waals surface area contributed by atoms with E-state index in [9.17, 15) is 4.79 Å². The Labute approximate surface area is 98.3 Å². The molecule has 3 aliphatic carbocycles. The van der Waals surface area contributed by atoms with Crippen molar-refractivity contribution >= 4 is 5.78 Å². The molecule has 4 atom stereocenters. The lowest BCUT2D eigenvalue weighted by atomic mass is 9.67. The van der Waals surface area contributed by atoms with Crippen LogP contribution in [0.5, 0.6) is 0 Å². The SMILES string of the molecule is CC1=CC(=O)C23CC1C(C)(C)C2CCC3C. The molecule has 1 nitrogen and oxygen atoms in total. The van der Waals surface area contributed by atoms with Crippen LogP contribution in [-0.2, 0) is 4.79 Å². The van der Waals surface area contributed by atoms with Crippen LogP contribution in [0, 0.1) is 28.6 Å². The van der Waals surface area contributed by atoms with E-state index in [-0.39, 0.29) is 5.41 Å². The number of rotatable bonds is 0. The Bertz CT molecular complexity index is 390. The van der Waals surface area contributed by atoms with E-state index in [0.717, 1.165) is 6.42 Å². The minimum atomic E-state index is 0.0215. The van der Waals surface area contributed by atoms with Crippen LogP contribution in [0.2, 0.25) is 0 Å². The number of carbonyl (C=O) groups excluding carboxylic acids is 1. The van der Waals surface area contributed by atoms with Gasteiger partial charge in [-0.2, -0.15) is 0 Å². The lowest BCUT2D eigenvalue weighted by molar-refractivity contribution is -0.128. The summed E-state index contributed by atoms with van der Waals surface area (Å²) >= 11 is 0. The summed E-state index contributed by atoms with van der Waals surface area (Å²) in [4.78, 5) is 12.5. The van der Waals surface area contributed by atoms with Crippen LogP contribution >= 0.6 is 0 Å². The van der Waals surface area contributed by atoms with Crippen LogP contribution in [0.15, 0.2) is 11.6 Å². The first-order chi connectivity index (χ1) is 7.40. The van der Waals surface area contributed by atoms with Gasteiger partial charge in [0.05, 0.1) is 0 Å². The second-order valence-electron chi connectivity index (χ2n) is 6.90. The molecule has 0 amide bonds. The van der Waals surface area contributed by atoms with E-state index < -0.39 is 0 Å². The monoisotopic (exact) mass is 218 g/mol. The number of ketones is 1. The quantitative estimate of drug-likeness (QED) is 0.607. The number of carbonyl (C=O) groups is 1. The highest BCUT2D eigenvalue weighted by Gasteiger charge is 2.66. The molecule has 3 aliphatic rings. The van der Waals surface area contributed by atoms with Crippen LogP contribution < -0.4 is 0 Å². The zero-order valence-corrected chi connectivity index (χ0v) is 10.8. The number of hydrogen-bond acceptors (Lipinski definition) is 1. The Morgan fingerprint density at radius 3 is 2.69 bits per heavy atom. The predicted octanol–water partition coefficient (Wildman–Crippen LogP) is 3.59. The van der Waals surface area contributed by atoms with Gasteiger partial charge in [-0.15, -0.1) is 0 Å². The fourth-order valence-electron chi connectivity index (χ4n) is 5.20. The van der Waals surface area contributed by atoms with E-state index in [1.165, 1.54) is 18.4 Å². The molecule has 3 rings (SSSR count). The summed E-state index contributed by atoms with van der Waals surface area (Å²) < 4.78 is 0. The van der Waals surface area contributed by atoms with Gasteiger partial charge >= 0.3 is 0 Å². The minimum Gasteiger partial charge on any atom is -0.294 e. The average molecular weight is 218 g/mol. The van der Waals surface area contributed by atoms with E-state index in [4.69, 9.17) is 0 Å². The van der Waals surface area contributed by atoms with E-state index in [0.29, 0.717) is 29.0 Å². The Morgan fingerprint density at radius 1 is 1.31 bits per heavy atom. The molecule has 2 saturated carbocycles. The molecule has 0 aromatic heterocycles. The van der Waals surface area contributed by atoms with Gasteiger partial charge in [-0.3, -0.25) is 4.79 Å². The van der Waals surface area contributed by atoms with Crippen molar-refractivity contribution in [3.05, 3.63) is 11.6 Å². The van der Waals surface area contributed by atoms with Crippen LogP contribution in [-0.4, -0.2) is 5.78 Å². The highest BCUT2D eigenvalue weighted by Crippen LogP contribution is 2.69. The molecule has 4 unspecified atom stereocenters. The van der Waals surface area contributed by atoms with Crippen molar-refractivity contribution in [2.24, 2.45) is 28.6 Å². The third-order valence-corrected chi connectivity index (χ3v) is 6.09. The van der Waals surface area contributed by atoms with Gasteiger partial charge in [-0.05, 0) is 55.4 Å². The van der Waals surface area contributed by atoms with E-state index in [2.05, 4.69) is 27.7 Å². The van der Waals surface area contributed by atoms with Crippen molar-refractivity contribution in [3.8, 4) is 0 Å². The molecule has 0 aromatic rings. The maximum atomic E-state index is 12.5. The van der Waals surface area contributed by atoms with Crippen molar-refractivity contribution in [1.29, 1.82) is 0 Å². The van der Waals surface area contributed by atoms with Gasteiger partial charge in [-0.25, -0.2) is 0 Å². The molecular weight excluding hydrogens is 196 g/mol. The molecule has 16 heavy (non-hydrogen) atoms. The molecular formula is C15H22O. The molecule has 0 N–H and O–H groups in total. The molecule has 2 bridgehead atoms. The highest BCUT2D eigenvalue weighted by atomic mass is 16.1. The Morgan fingerprint density at radius 2 is 2.00 bits per heavy atom. The third kappa shape index (κ3) is 0.919. The van der Waals surface area contributed by atoms with Crippen LogP contribution in [0.3, 0.4) is 0 Å². The van der Waals surface area contributed by atoms with Gasteiger partial charge < -0.3 is 0 Å². The summed E-state index contributed by atoms with van der Waals surface area (Å²) in [5.74, 6) is 2.32. The van der Waals surface area contributed by atoms with Gasteiger partial charge in [0.25, 0.3) is 0 Å². The van der Waals surface area contributed by atoms with Crippen molar-refractivity contribution in [1.82, 2.24) is 0 Å². The second-order valence-corrected chi connectivity index (χ2v) is 6.90. The first-order valence-corrected chi connectivity index (χ1v) is 6.63. The molecule has 88 valence electrons. The third-order valence-electron chi connectivity index (χ3n) is 6.09. The van der Waals surface area contributed by atoms with Crippen molar-refractivity contribution in [2.75, 3.05) is 0 Å². The smallest absolute Gasteiger partial charge is 0.162 e. The molecule has 1 heteroatoms. The topological polar surface area (TPSA) is 17.1 Å². The molecule has 0 saturated heterocycles. The predicted molar refractivity (Wildman–Crippen MR) is 65.0 cm³/mol. The minimum absolute atomic E-state index is 0.0215. The fourth-order valence-corrected chi connectivity index (χ4v) is 5.20. The molecule has 0 aromatic carbocycles. The first-order valence-electron chi connectivity index (χ1n) is 6.63. The maximum Gasteiger partial charge on any atom is 0.162 e. The van der Waals surface area contributed by atoms with Crippen LogP contribution in [0.4, 0.5) is 0 Å². The highest BCUT2D eigenvalue weighted by molar-refractivity contribution is 5.98. The summed E-state index contributed by atoms with van der Waals surface area (Å²) in [5.41, 5.74) is 1.69. The summed E-state index contributed by atoms with van der Waals surface area (Å²) in [5, 5.41) is 0. The van der Waals surface area contributed by atoms with E-state index >= 15 is 0 Å². The summed E-state index contributed by atoms with van der Waals surface area (Å²) in [6.07, 6.45) is 5.61. The summed E-state index contributed by atoms with van der Waals surface area (Å²) in [6.45, 7) is 9.23. The van der Waals surface area contributed by atoms with Crippen molar-refractivity contribution in [3.63, 3.8) is 0 Å². The molecule has 2 fully saturated rings. The number of allylic oxidation sites excluding steroid dienone is 2. The molecule has 0 aliphatic heterocycles. The first kappa shape index (κ1) is 10.6. The standard InChI is InChI=1S/C15H22O/c1-9-7-13(16)15-8-11(9)14(3,4)12(15)6-5-10(15)2/h7,10-12H,5-6,8H2,1-4H3. The molecule has 0 radical (unpaired) electrons. The van der Waals surface area contributed by atoms with Gasteiger partial charge in [0.2, 0.25) is 0 Å². The van der Waals surface area contributed by atoms with Gasteiger partial charge in [-0.1, -0.05) is 26.3 Å². The van der Waals surface area contributed by atoms with E-state index in [1.54, 1.807) is 0 Å². The van der Waals surface area contributed by atoms with E-state index in [1.807, 2.05) is 6.08 Å². The summed E-state index contributed by atoms with van der Waals surface area (Å²) in [6, 6.07) is 0. The van der Waals surface area contributed by atoms with Crippen molar-refractivity contribution in [2.45, 2.75) is 47.0 Å². The maximum absolute atomic E-state index is 12.5. The lowest BCUT2D eigenvalue weighted by Gasteiger charge is -2.35. The fraction of sp³-hybridized carbons (Fsp3) is 0.800. The Kier molecular flexibility index (Phi) is 1.85.